The van der Waals surface area contributed by atoms with Crippen LogP contribution in [0.25, 0.3) is 0 Å². The summed E-state index contributed by atoms with van der Waals surface area (Å²) in [6.07, 6.45) is 0.819. The topological polar surface area (TPSA) is 19.0 Å². The first-order valence-corrected chi connectivity index (χ1v) is 10.5. The SMILES string of the molecule is CC(C)CN1CCN(C(C)C)CC1.CC(C)CN1C[C@@H](C)O[C@@H](C)C1. The van der Waals surface area contributed by atoms with Crippen LogP contribution in [0.4, 0.5) is 0 Å². The Hall–Kier alpha value is -0.160. The molecule has 0 aromatic carbocycles. The number of hydrogen-bond donors (Lipinski definition) is 0. The van der Waals surface area contributed by atoms with Crippen molar-refractivity contribution in [1.82, 2.24) is 14.7 Å². The molecule has 0 amide bonds. The van der Waals surface area contributed by atoms with Crippen molar-refractivity contribution >= 4 is 0 Å². The highest BCUT2D eigenvalue weighted by atomic mass is 16.5. The zero-order valence-corrected chi connectivity index (χ0v) is 18.3. The molecule has 0 aliphatic carbocycles. The van der Waals surface area contributed by atoms with Gasteiger partial charge >= 0.3 is 0 Å². The predicted molar refractivity (Wildman–Crippen MR) is 109 cm³/mol. The molecule has 0 N–H and O–H groups in total. The third-order valence-electron chi connectivity index (χ3n) is 4.88. The van der Waals surface area contributed by atoms with Crippen LogP contribution >= 0.6 is 0 Å². The highest BCUT2D eigenvalue weighted by Crippen LogP contribution is 2.12. The van der Waals surface area contributed by atoms with Gasteiger partial charge in [-0.3, -0.25) is 9.80 Å². The lowest BCUT2D eigenvalue weighted by molar-refractivity contribution is -0.0704. The Labute approximate surface area is 157 Å². The highest BCUT2D eigenvalue weighted by molar-refractivity contribution is 4.75. The summed E-state index contributed by atoms with van der Waals surface area (Å²) in [5.74, 6) is 1.58. The normalized spacial score (nSPS) is 27.0. The Morgan fingerprint density at radius 1 is 0.720 bits per heavy atom. The number of piperazine rings is 1. The molecule has 0 bridgehead atoms. The van der Waals surface area contributed by atoms with Crippen LogP contribution < -0.4 is 0 Å². The summed E-state index contributed by atoms with van der Waals surface area (Å²) in [5, 5.41) is 0. The zero-order valence-electron chi connectivity index (χ0n) is 18.3. The first-order chi connectivity index (χ1) is 11.7. The minimum Gasteiger partial charge on any atom is -0.373 e. The van der Waals surface area contributed by atoms with Crippen molar-refractivity contribution < 1.29 is 4.74 Å². The van der Waals surface area contributed by atoms with E-state index >= 15 is 0 Å². The maximum atomic E-state index is 5.66. The summed E-state index contributed by atoms with van der Waals surface area (Å²) in [7, 11) is 0. The average Bonchev–Trinajstić information content (AvgIpc) is 2.45. The maximum absolute atomic E-state index is 5.66. The van der Waals surface area contributed by atoms with Crippen LogP contribution in [0.1, 0.15) is 55.4 Å². The van der Waals surface area contributed by atoms with E-state index < -0.39 is 0 Å². The summed E-state index contributed by atoms with van der Waals surface area (Å²) in [6, 6.07) is 0.723. The fourth-order valence-corrected chi connectivity index (χ4v) is 3.93. The molecule has 2 aliphatic rings. The molecule has 4 heteroatoms. The Morgan fingerprint density at radius 3 is 1.56 bits per heavy atom. The van der Waals surface area contributed by atoms with Crippen LogP contribution in [-0.4, -0.2) is 85.3 Å². The zero-order chi connectivity index (χ0) is 19.0. The summed E-state index contributed by atoms with van der Waals surface area (Å²) < 4.78 is 5.66. The van der Waals surface area contributed by atoms with E-state index in [1.165, 1.54) is 39.3 Å². The minimum absolute atomic E-state index is 0.410. The van der Waals surface area contributed by atoms with Crippen molar-refractivity contribution in [3.63, 3.8) is 0 Å². The molecule has 2 rings (SSSR count). The Bertz CT molecular complexity index is 325. The second kappa shape index (κ2) is 11.5. The van der Waals surface area contributed by atoms with E-state index in [1.54, 1.807) is 0 Å². The van der Waals surface area contributed by atoms with E-state index in [4.69, 9.17) is 4.74 Å². The smallest absolute Gasteiger partial charge is 0.0678 e. The summed E-state index contributed by atoms with van der Waals surface area (Å²) in [5.41, 5.74) is 0. The standard InChI is InChI=1S/C11H24N2.C10H21NO/c1-10(2)9-12-5-7-13(8-6-12)11(3)4;1-8(2)5-11-6-9(3)12-10(4)7-11/h10-11H,5-9H2,1-4H3;8-10H,5-7H2,1-4H3/t;9-,10+. The van der Waals surface area contributed by atoms with E-state index in [2.05, 4.69) is 70.1 Å². The van der Waals surface area contributed by atoms with Crippen molar-refractivity contribution in [1.29, 1.82) is 0 Å². The van der Waals surface area contributed by atoms with Crippen molar-refractivity contribution in [2.45, 2.75) is 73.6 Å². The van der Waals surface area contributed by atoms with Crippen molar-refractivity contribution in [3.8, 4) is 0 Å². The van der Waals surface area contributed by atoms with Crippen LogP contribution in [0.3, 0.4) is 0 Å². The van der Waals surface area contributed by atoms with Gasteiger partial charge in [0.05, 0.1) is 12.2 Å². The number of nitrogens with zero attached hydrogens (tertiary/aromatic N) is 3. The Balaban J connectivity index is 0.000000251. The first-order valence-electron chi connectivity index (χ1n) is 10.5. The molecule has 0 saturated carbocycles. The van der Waals surface area contributed by atoms with E-state index in [0.717, 1.165) is 31.0 Å². The molecule has 0 radical (unpaired) electrons. The van der Waals surface area contributed by atoms with Crippen LogP contribution in [0.5, 0.6) is 0 Å². The maximum Gasteiger partial charge on any atom is 0.0678 e. The highest BCUT2D eigenvalue weighted by Gasteiger charge is 2.22. The van der Waals surface area contributed by atoms with E-state index in [9.17, 15) is 0 Å². The van der Waals surface area contributed by atoms with Crippen LogP contribution in [-0.2, 0) is 4.74 Å². The lowest BCUT2D eigenvalue weighted by Gasteiger charge is -2.37. The molecule has 0 aromatic heterocycles. The molecule has 2 heterocycles. The van der Waals surface area contributed by atoms with Crippen LogP contribution in [0, 0.1) is 11.8 Å². The number of ether oxygens (including phenoxy) is 1. The lowest BCUT2D eigenvalue weighted by atomic mass is 10.1. The Kier molecular flexibility index (Phi) is 10.6. The molecule has 2 aliphatic heterocycles. The second-order valence-electron chi connectivity index (χ2n) is 9.19. The largest absolute Gasteiger partial charge is 0.373 e. The molecule has 0 aromatic rings. The van der Waals surface area contributed by atoms with Gasteiger partial charge in [0.15, 0.2) is 0 Å². The number of rotatable bonds is 5. The second-order valence-corrected chi connectivity index (χ2v) is 9.19. The summed E-state index contributed by atoms with van der Waals surface area (Å²) >= 11 is 0. The Morgan fingerprint density at radius 2 is 1.16 bits per heavy atom. The number of hydrogen-bond acceptors (Lipinski definition) is 4. The van der Waals surface area contributed by atoms with Gasteiger partial charge in [0.2, 0.25) is 0 Å². The van der Waals surface area contributed by atoms with Crippen LogP contribution in [0.2, 0.25) is 0 Å². The molecule has 2 saturated heterocycles. The van der Waals surface area contributed by atoms with Gasteiger partial charge in [0, 0.05) is 58.4 Å². The van der Waals surface area contributed by atoms with Crippen molar-refractivity contribution in [3.05, 3.63) is 0 Å². The van der Waals surface area contributed by atoms with Crippen LogP contribution in [0.15, 0.2) is 0 Å². The molecule has 0 spiro atoms. The number of morpholine rings is 1. The fourth-order valence-electron chi connectivity index (χ4n) is 3.93. The monoisotopic (exact) mass is 355 g/mol. The third kappa shape index (κ3) is 9.93. The summed E-state index contributed by atoms with van der Waals surface area (Å²) in [6.45, 7) is 27.7. The lowest BCUT2D eigenvalue weighted by Crippen LogP contribution is -2.49. The van der Waals surface area contributed by atoms with Gasteiger partial charge in [0.25, 0.3) is 0 Å². The fraction of sp³-hybridized carbons (Fsp3) is 1.00. The van der Waals surface area contributed by atoms with Crippen molar-refractivity contribution in [2.24, 2.45) is 11.8 Å². The summed E-state index contributed by atoms with van der Waals surface area (Å²) in [4.78, 5) is 7.66. The van der Waals surface area contributed by atoms with Gasteiger partial charge in [-0.05, 0) is 39.5 Å². The molecular weight excluding hydrogens is 310 g/mol. The molecule has 4 nitrogen and oxygen atoms in total. The quantitative estimate of drug-likeness (QED) is 0.752. The molecule has 2 fully saturated rings. The third-order valence-corrected chi connectivity index (χ3v) is 4.88. The van der Waals surface area contributed by atoms with Gasteiger partial charge in [-0.1, -0.05) is 27.7 Å². The molecule has 150 valence electrons. The van der Waals surface area contributed by atoms with E-state index in [0.29, 0.717) is 12.2 Å². The van der Waals surface area contributed by atoms with Gasteiger partial charge < -0.3 is 9.64 Å². The van der Waals surface area contributed by atoms with E-state index in [-0.39, 0.29) is 0 Å². The molecule has 0 unspecified atom stereocenters. The van der Waals surface area contributed by atoms with E-state index in [1.807, 2.05) is 0 Å². The van der Waals surface area contributed by atoms with Gasteiger partial charge in [0.1, 0.15) is 0 Å². The van der Waals surface area contributed by atoms with Crippen molar-refractivity contribution in [2.75, 3.05) is 52.4 Å². The first kappa shape index (κ1) is 22.9. The van der Waals surface area contributed by atoms with Gasteiger partial charge in [-0.2, -0.15) is 0 Å². The molecular formula is C21H45N3O. The average molecular weight is 356 g/mol. The molecule has 2 atom stereocenters. The van der Waals surface area contributed by atoms with Gasteiger partial charge in [-0.25, -0.2) is 0 Å². The minimum atomic E-state index is 0.410. The van der Waals surface area contributed by atoms with Gasteiger partial charge in [-0.15, -0.1) is 0 Å². The molecule has 25 heavy (non-hydrogen) atoms. The predicted octanol–water partition coefficient (Wildman–Crippen LogP) is 3.42.